The predicted octanol–water partition coefficient (Wildman–Crippen LogP) is 4.37. The number of hydrogen-bond donors (Lipinski definition) is 1. The molecule has 1 aromatic rings. The highest BCUT2D eigenvalue weighted by Crippen LogP contribution is 2.64. The molecule has 0 bridgehead atoms. The molecule has 3 aliphatic carbocycles. The summed E-state index contributed by atoms with van der Waals surface area (Å²) < 4.78 is 6.36. The quantitative estimate of drug-likeness (QED) is 0.829. The van der Waals surface area contributed by atoms with Gasteiger partial charge in [-0.2, -0.15) is 0 Å². The van der Waals surface area contributed by atoms with Crippen LogP contribution < -0.4 is 10.1 Å². The normalized spacial score (nSPS) is 46.9. The maximum Gasteiger partial charge on any atom is 0.243 e. The lowest BCUT2D eigenvalue weighted by atomic mass is 9.46. The van der Waals surface area contributed by atoms with Crippen molar-refractivity contribution in [2.24, 2.45) is 34.5 Å². The number of carbonyl (C=O) groups is 1. The van der Waals surface area contributed by atoms with Crippen molar-refractivity contribution in [3.05, 3.63) is 36.7 Å². The lowest BCUT2D eigenvalue weighted by Crippen LogP contribution is -2.61. The monoisotopic (exact) mass is 380 g/mol. The number of nitrogens with zero attached hydrogens (tertiary/aromatic N) is 1. The molecule has 5 rings (SSSR count). The topological polar surface area (TPSA) is 51.2 Å². The van der Waals surface area contributed by atoms with Crippen LogP contribution in [0.25, 0.3) is 0 Å². The molecule has 28 heavy (non-hydrogen) atoms. The van der Waals surface area contributed by atoms with Crippen LogP contribution in [0.4, 0.5) is 0 Å². The van der Waals surface area contributed by atoms with Crippen molar-refractivity contribution < 1.29 is 9.53 Å². The second-order valence-corrected chi connectivity index (χ2v) is 10.3. The van der Waals surface area contributed by atoms with E-state index in [0.717, 1.165) is 25.0 Å². The van der Waals surface area contributed by atoms with E-state index in [1.54, 1.807) is 12.3 Å². The third-order valence-electron chi connectivity index (χ3n) is 8.72. The van der Waals surface area contributed by atoms with E-state index in [4.69, 9.17) is 4.74 Å². The van der Waals surface area contributed by atoms with Gasteiger partial charge in [0, 0.05) is 17.7 Å². The zero-order chi connectivity index (χ0) is 19.5. The Kier molecular flexibility index (Phi) is 4.12. The average Bonchev–Trinajstić information content (AvgIpc) is 3.00. The molecule has 150 valence electrons. The summed E-state index contributed by atoms with van der Waals surface area (Å²) in [4.78, 5) is 16.2. The van der Waals surface area contributed by atoms with Gasteiger partial charge in [-0.05, 0) is 79.4 Å². The lowest BCUT2D eigenvalue weighted by Gasteiger charge is -2.60. The summed E-state index contributed by atoms with van der Waals surface area (Å²) >= 11 is 0. The molecule has 0 radical (unpaired) electrons. The number of hydrogen-bond acceptors (Lipinski definition) is 3. The molecule has 0 aromatic carbocycles. The summed E-state index contributed by atoms with van der Waals surface area (Å²) in [5, 5.41) is 3.28. The smallest absolute Gasteiger partial charge is 0.243 e. The minimum Gasteiger partial charge on any atom is -0.489 e. The van der Waals surface area contributed by atoms with Gasteiger partial charge in [-0.25, -0.2) is 0 Å². The summed E-state index contributed by atoms with van der Waals surface area (Å²) in [6.07, 6.45) is 13.8. The molecule has 4 aliphatic rings. The maximum atomic E-state index is 12.0. The molecule has 1 aliphatic heterocycles. The molecule has 3 unspecified atom stereocenters. The molecule has 2 heterocycles. The highest BCUT2D eigenvalue weighted by molar-refractivity contribution is 5.89. The van der Waals surface area contributed by atoms with E-state index in [-0.39, 0.29) is 23.5 Å². The van der Waals surface area contributed by atoms with Gasteiger partial charge in [-0.1, -0.05) is 26.8 Å². The van der Waals surface area contributed by atoms with Gasteiger partial charge in [0.05, 0.1) is 12.3 Å². The molecular weight excluding hydrogens is 348 g/mol. The summed E-state index contributed by atoms with van der Waals surface area (Å²) in [6, 6.07) is 4.25. The molecule has 1 aromatic heterocycles. The predicted molar refractivity (Wildman–Crippen MR) is 109 cm³/mol. The SMILES string of the molecule is CC1CC2NC(=O)C=C[C@]2(C)[C@@H]2CC[C@]3(C)CC(Oc4cccnc4)C[C@H]3[C@H]12. The average molecular weight is 381 g/mol. The number of fused-ring (bicyclic) bond motifs is 5. The van der Waals surface area contributed by atoms with Crippen LogP contribution in [0.1, 0.15) is 52.9 Å². The van der Waals surface area contributed by atoms with E-state index in [1.807, 2.05) is 18.3 Å². The minimum atomic E-state index is 0.0829. The second kappa shape index (κ2) is 6.33. The Balaban J connectivity index is 1.42. The highest BCUT2D eigenvalue weighted by atomic mass is 16.5. The van der Waals surface area contributed by atoms with E-state index >= 15 is 0 Å². The minimum absolute atomic E-state index is 0.0829. The van der Waals surface area contributed by atoms with E-state index in [0.29, 0.717) is 29.1 Å². The fourth-order valence-corrected chi connectivity index (χ4v) is 7.38. The van der Waals surface area contributed by atoms with Gasteiger partial charge in [0.15, 0.2) is 0 Å². The van der Waals surface area contributed by atoms with Gasteiger partial charge < -0.3 is 10.1 Å². The van der Waals surface area contributed by atoms with E-state index in [1.165, 1.54) is 12.8 Å². The largest absolute Gasteiger partial charge is 0.489 e. The molecule has 0 spiro atoms. The summed E-state index contributed by atoms with van der Waals surface area (Å²) in [7, 11) is 0. The summed E-state index contributed by atoms with van der Waals surface area (Å²) in [5.41, 5.74) is 0.460. The summed E-state index contributed by atoms with van der Waals surface area (Å²) in [6.45, 7) is 7.31. The first kappa shape index (κ1) is 18.2. The zero-order valence-corrected chi connectivity index (χ0v) is 17.2. The highest BCUT2D eigenvalue weighted by Gasteiger charge is 2.60. The van der Waals surface area contributed by atoms with Crippen molar-refractivity contribution in [3.8, 4) is 5.75 Å². The van der Waals surface area contributed by atoms with Crippen molar-refractivity contribution in [2.75, 3.05) is 0 Å². The molecule has 8 atom stereocenters. The Morgan fingerprint density at radius 2 is 2.11 bits per heavy atom. The Hall–Kier alpha value is -1.84. The third-order valence-corrected chi connectivity index (χ3v) is 8.72. The van der Waals surface area contributed by atoms with Gasteiger partial charge in [0.25, 0.3) is 0 Å². The molecule has 1 N–H and O–H groups in total. The molecule has 0 saturated heterocycles. The molecule has 3 saturated carbocycles. The molecule has 4 nitrogen and oxygen atoms in total. The van der Waals surface area contributed by atoms with Gasteiger partial charge in [-0.15, -0.1) is 0 Å². The number of ether oxygens (including phenoxy) is 1. The number of carbonyl (C=O) groups excluding carboxylic acids is 1. The molecular formula is C24H32N2O2. The lowest BCUT2D eigenvalue weighted by molar-refractivity contribution is -0.124. The molecule has 1 amide bonds. The number of nitrogens with one attached hydrogen (secondary N) is 1. The fraction of sp³-hybridized carbons (Fsp3) is 0.667. The zero-order valence-electron chi connectivity index (χ0n) is 17.2. The maximum absolute atomic E-state index is 12.0. The number of amides is 1. The second-order valence-electron chi connectivity index (χ2n) is 10.3. The van der Waals surface area contributed by atoms with Crippen LogP contribution in [-0.4, -0.2) is 23.0 Å². The van der Waals surface area contributed by atoms with Crippen LogP contribution >= 0.6 is 0 Å². The van der Waals surface area contributed by atoms with Gasteiger partial charge in [0.2, 0.25) is 5.91 Å². The molecule has 3 fully saturated rings. The Labute approximate surface area is 168 Å². The third kappa shape index (κ3) is 2.71. The fourth-order valence-electron chi connectivity index (χ4n) is 7.38. The number of pyridine rings is 1. The van der Waals surface area contributed by atoms with Crippen molar-refractivity contribution >= 4 is 5.91 Å². The van der Waals surface area contributed by atoms with E-state index in [9.17, 15) is 4.79 Å². The number of aromatic nitrogens is 1. The first-order valence-corrected chi connectivity index (χ1v) is 11.0. The Morgan fingerprint density at radius 1 is 1.25 bits per heavy atom. The van der Waals surface area contributed by atoms with E-state index in [2.05, 4.69) is 37.1 Å². The van der Waals surface area contributed by atoms with E-state index < -0.39 is 0 Å². The van der Waals surface area contributed by atoms with Crippen molar-refractivity contribution in [3.63, 3.8) is 0 Å². The van der Waals surface area contributed by atoms with Crippen LogP contribution in [0.2, 0.25) is 0 Å². The van der Waals surface area contributed by atoms with Crippen LogP contribution in [0.3, 0.4) is 0 Å². The Morgan fingerprint density at radius 3 is 2.89 bits per heavy atom. The van der Waals surface area contributed by atoms with Crippen LogP contribution in [0.5, 0.6) is 5.75 Å². The van der Waals surface area contributed by atoms with Crippen molar-refractivity contribution in [1.82, 2.24) is 10.3 Å². The van der Waals surface area contributed by atoms with Gasteiger partial charge in [-0.3, -0.25) is 9.78 Å². The van der Waals surface area contributed by atoms with Crippen LogP contribution in [0.15, 0.2) is 36.7 Å². The van der Waals surface area contributed by atoms with Gasteiger partial charge in [0.1, 0.15) is 5.75 Å². The first-order valence-electron chi connectivity index (χ1n) is 11.0. The van der Waals surface area contributed by atoms with Crippen LogP contribution in [0, 0.1) is 34.5 Å². The summed E-state index contributed by atoms with van der Waals surface area (Å²) in [5.74, 6) is 3.67. The first-order chi connectivity index (χ1) is 13.4. The molecule has 4 heteroatoms. The van der Waals surface area contributed by atoms with Crippen molar-refractivity contribution in [1.29, 1.82) is 0 Å². The standard InChI is InChI=1S/C24H32N2O2/c1-15-11-20-24(3,9-7-21(27)26-20)18-6-8-23(2)13-17(12-19(23)22(15)18)28-16-5-4-10-25-14-16/h4-5,7,9-10,14-15,17-20,22H,6,8,11-13H2,1-3H3,(H,26,27)/t15?,17?,18-,19+,20?,22-,23-,24-/m1/s1. The van der Waals surface area contributed by atoms with Crippen molar-refractivity contribution in [2.45, 2.75) is 65.0 Å². The van der Waals surface area contributed by atoms with Crippen LogP contribution in [-0.2, 0) is 4.79 Å². The van der Waals surface area contributed by atoms with Gasteiger partial charge >= 0.3 is 0 Å². The number of rotatable bonds is 2. The Bertz CT molecular complexity index is 793.